The Kier molecular flexibility index (Phi) is 3.63. The number of pyridine rings is 1. The minimum atomic E-state index is -0.606. The molecule has 13 heavy (non-hydrogen) atoms. The molecule has 1 rings (SSSR count). The van der Waals surface area contributed by atoms with E-state index in [2.05, 4.69) is 4.98 Å². The first-order chi connectivity index (χ1) is 6.17. The van der Waals surface area contributed by atoms with Gasteiger partial charge in [0.1, 0.15) is 4.84 Å². The minimum absolute atomic E-state index is 0.431. The Morgan fingerprint density at radius 2 is 1.62 bits per heavy atom. The van der Waals surface area contributed by atoms with Crippen LogP contribution in [0.4, 0.5) is 0 Å². The monoisotopic (exact) mass is 221 g/mol. The standard InChI is InChI=1S/C8H9Cl2NO2/c1-12-6-3-5(8(9)10)4-7(11-6)13-2/h3-4,8H,1-2H3. The lowest BCUT2D eigenvalue weighted by Crippen LogP contribution is -1.94. The molecule has 0 atom stereocenters. The fourth-order valence-corrected chi connectivity index (χ4v) is 1.09. The third-order valence-electron chi connectivity index (χ3n) is 1.47. The number of alkyl halides is 2. The van der Waals surface area contributed by atoms with Crippen molar-refractivity contribution in [1.82, 2.24) is 4.98 Å². The van der Waals surface area contributed by atoms with Crippen LogP contribution >= 0.6 is 23.2 Å². The highest BCUT2D eigenvalue weighted by molar-refractivity contribution is 6.44. The molecule has 0 N–H and O–H groups in total. The molecule has 0 fully saturated rings. The number of rotatable bonds is 3. The molecule has 0 aromatic carbocycles. The maximum Gasteiger partial charge on any atom is 0.216 e. The van der Waals surface area contributed by atoms with Gasteiger partial charge in [0, 0.05) is 12.1 Å². The first kappa shape index (κ1) is 10.4. The molecule has 0 saturated carbocycles. The molecule has 0 radical (unpaired) electrons. The van der Waals surface area contributed by atoms with E-state index in [1.54, 1.807) is 12.1 Å². The fraction of sp³-hybridized carbons (Fsp3) is 0.375. The van der Waals surface area contributed by atoms with E-state index in [-0.39, 0.29) is 0 Å². The zero-order valence-electron chi connectivity index (χ0n) is 7.25. The summed E-state index contributed by atoms with van der Waals surface area (Å²) in [6.45, 7) is 0. The second kappa shape index (κ2) is 4.53. The Bertz CT molecular complexity index is 269. The van der Waals surface area contributed by atoms with Crippen molar-refractivity contribution < 1.29 is 9.47 Å². The number of halogens is 2. The molecule has 0 aliphatic heterocycles. The van der Waals surface area contributed by atoms with Gasteiger partial charge in [-0.2, -0.15) is 4.98 Å². The van der Waals surface area contributed by atoms with Crippen LogP contribution in [0, 0.1) is 0 Å². The summed E-state index contributed by atoms with van der Waals surface area (Å²) in [5.41, 5.74) is 0.701. The third-order valence-corrected chi connectivity index (χ3v) is 1.97. The lowest BCUT2D eigenvalue weighted by Gasteiger charge is -2.07. The molecule has 0 amide bonds. The van der Waals surface area contributed by atoms with E-state index in [0.717, 1.165) is 0 Å². The zero-order chi connectivity index (χ0) is 9.84. The number of hydrogen-bond acceptors (Lipinski definition) is 3. The van der Waals surface area contributed by atoms with Crippen LogP contribution in [-0.2, 0) is 0 Å². The average Bonchev–Trinajstić information content (AvgIpc) is 2.16. The summed E-state index contributed by atoms with van der Waals surface area (Å²) in [6, 6.07) is 3.32. The predicted octanol–water partition coefficient (Wildman–Crippen LogP) is 2.58. The van der Waals surface area contributed by atoms with Gasteiger partial charge >= 0.3 is 0 Å². The van der Waals surface area contributed by atoms with Crippen LogP contribution in [0.1, 0.15) is 10.4 Å². The van der Waals surface area contributed by atoms with Gasteiger partial charge in [0.05, 0.1) is 14.2 Å². The smallest absolute Gasteiger partial charge is 0.216 e. The zero-order valence-corrected chi connectivity index (χ0v) is 8.76. The topological polar surface area (TPSA) is 31.4 Å². The first-order valence-corrected chi connectivity index (χ1v) is 4.42. The van der Waals surface area contributed by atoms with E-state index >= 15 is 0 Å². The Morgan fingerprint density at radius 3 is 1.92 bits per heavy atom. The largest absolute Gasteiger partial charge is 0.481 e. The van der Waals surface area contributed by atoms with Crippen LogP contribution in [0.5, 0.6) is 11.8 Å². The van der Waals surface area contributed by atoms with Crippen molar-refractivity contribution in [2.24, 2.45) is 0 Å². The van der Waals surface area contributed by atoms with Crippen molar-refractivity contribution >= 4 is 23.2 Å². The maximum atomic E-state index is 5.69. The summed E-state index contributed by atoms with van der Waals surface area (Å²) >= 11 is 11.4. The quantitative estimate of drug-likeness (QED) is 0.736. The molecule has 1 aromatic rings. The number of nitrogens with zero attached hydrogens (tertiary/aromatic N) is 1. The second-order valence-corrected chi connectivity index (χ2v) is 3.38. The minimum Gasteiger partial charge on any atom is -0.481 e. The Hall–Kier alpha value is -0.670. The highest BCUT2D eigenvalue weighted by atomic mass is 35.5. The van der Waals surface area contributed by atoms with Gasteiger partial charge in [0.15, 0.2) is 0 Å². The summed E-state index contributed by atoms with van der Waals surface area (Å²) in [7, 11) is 3.03. The van der Waals surface area contributed by atoms with Gasteiger partial charge in [-0.15, -0.1) is 23.2 Å². The van der Waals surface area contributed by atoms with Gasteiger partial charge in [-0.05, 0) is 5.56 Å². The van der Waals surface area contributed by atoms with E-state index in [0.29, 0.717) is 17.3 Å². The van der Waals surface area contributed by atoms with Gasteiger partial charge in [-0.25, -0.2) is 0 Å². The molecule has 3 nitrogen and oxygen atoms in total. The van der Waals surface area contributed by atoms with Crippen molar-refractivity contribution in [3.8, 4) is 11.8 Å². The third kappa shape index (κ3) is 2.64. The number of hydrogen-bond donors (Lipinski definition) is 0. The van der Waals surface area contributed by atoms with E-state index < -0.39 is 4.84 Å². The van der Waals surface area contributed by atoms with Crippen LogP contribution in [0.25, 0.3) is 0 Å². The molecule has 72 valence electrons. The van der Waals surface area contributed by atoms with Crippen LogP contribution < -0.4 is 9.47 Å². The molecule has 1 aromatic heterocycles. The first-order valence-electron chi connectivity index (χ1n) is 3.55. The molecule has 0 spiro atoms. The predicted molar refractivity (Wildman–Crippen MR) is 51.8 cm³/mol. The molecule has 0 bridgehead atoms. The molecule has 0 aliphatic rings. The molecule has 0 aliphatic carbocycles. The molecular weight excluding hydrogens is 213 g/mol. The van der Waals surface area contributed by atoms with E-state index in [1.807, 2.05) is 0 Å². The summed E-state index contributed by atoms with van der Waals surface area (Å²) < 4.78 is 9.88. The highest BCUT2D eigenvalue weighted by Gasteiger charge is 2.08. The van der Waals surface area contributed by atoms with E-state index in [1.165, 1.54) is 14.2 Å². The van der Waals surface area contributed by atoms with Crippen LogP contribution in [0.3, 0.4) is 0 Å². The van der Waals surface area contributed by atoms with Crippen molar-refractivity contribution in [3.63, 3.8) is 0 Å². The molecule has 1 heterocycles. The average molecular weight is 222 g/mol. The number of aromatic nitrogens is 1. The van der Waals surface area contributed by atoms with Gasteiger partial charge in [-0.3, -0.25) is 0 Å². The van der Waals surface area contributed by atoms with Gasteiger partial charge in [0.25, 0.3) is 0 Å². The summed E-state index contributed by atoms with van der Waals surface area (Å²) in [5, 5.41) is 0. The molecule has 5 heteroatoms. The molecular formula is C8H9Cl2NO2. The Labute approximate surface area is 86.6 Å². The van der Waals surface area contributed by atoms with Crippen molar-refractivity contribution in [2.75, 3.05) is 14.2 Å². The Morgan fingerprint density at radius 1 is 1.15 bits per heavy atom. The summed E-state index contributed by atoms with van der Waals surface area (Å²) in [4.78, 5) is 3.39. The lowest BCUT2D eigenvalue weighted by molar-refractivity contribution is 0.364. The van der Waals surface area contributed by atoms with Crippen molar-refractivity contribution in [3.05, 3.63) is 17.7 Å². The molecule has 0 saturated heterocycles. The maximum absolute atomic E-state index is 5.69. The van der Waals surface area contributed by atoms with Gasteiger partial charge in [-0.1, -0.05) is 0 Å². The van der Waals surface area contributed by atoms with Crippen molar-refractivity contribution in [2.45, 2.75) is 4.84 Å². The normalized spacial score (nSPS) is 10.2. The van der Waals surface area contributed by atoms with Gasteiger partial charge < -0.3 is 9.47 Å². The van der Waals surface area contributed by atoms with E-state index in [4.69, 9.17) is 32.7 Å². The van der Waals surface area contributed by atoms with Crippen LogP contribution in [-0.4, -0.2) is 19.2 Å². The van der Waals surface area contributed by atoms with Crippen LogP contribution in [0.2, 0.25) is 0 Å². The van der Waals surface area contributed by atoms with Gasteiger partial charge in [0.2, 0.25) is 11.8 Å². The Balaban J connectivity index is 3.07. The lowest BCUT2D eigenvalue weighted by atomic mass is 10.3. The second-order valence-electron chi connectivity index (χ2n) is 2.29. The van der Waals surface area contributed by atoms with Crippen LogP contribution in [0.15, 0.2) is 12.1 Å². The van der Waals surface area contributed by atoms with E-state index in [9.17, 15) is 0 Å². The number of methoxy groups -OCH3 is 2. The number of ether oxygens (including phenoxy) is 2. The molecule has 0 unspecified atom stereocenters. The summed E-state index contributed by atoms with van der Waals surface area (Å²) in [5.74, 6) is 0.862. The van der Waals surface area contributed by atoms with Crippen molar-refractivity contribution in [1.29, 1.82) is 0 Å². The SMILES string of the molecule is COc1cc(C(Cl)Cl)cc(OC)n1. The highest BCUT2D eigenvalue weighted by Crippen LogP contribution is 2.29. The summed E-state index contributed by atoms with van der Waals surface area (Å²) in [6.07, 6.45) is 0. The fourth-order valence-electron chi connectivity index (χ4n) is 0.835.